The van der Waals surface area contributed by atoms with Crippen LogP contribution in [0.4, 0.5) is 0 Å². The summed E-state index contributed by atoms with van der Waals surface area (Å²) in [4.78, 5) is 2.50. The third kappa shape index (κ3) is 4.97. The van der Waals surface area contributed by atoms with Crippen molar-refractivity contribution in [3.63, 3.8) is 0 Å². The van der Waals surface area contributed by atoms with Gasteiger partial charge in [-0.15, -0.1) is 0 Å². The molecule has 0 aromatic heterocycles. The fourth-order valence-corrected chi connectivity index (χ4v) is 2.07. The van der Waals surface area contributed by atoms with Crippen LogP contribution in [0, 0.1) is 0 Å². The molecule has 0 amide bonds. The second-order valence-electron chi connectivity index (χ2n) is 4.33. The van der Waals surface area contributed by atoms with Gasteiger partial charge in [0.2, 0.25) is 0 Å². The van der Waals surface area contributed by atoms with E-state index in [9.17, 15) is 0 Å². The zero-order valence-electron chi connectivity index (χ0n) is 11.4. The predicted octanol–water partition coefficient (Wildman–Crippen LogP) is 1.06. The molecule has 4 heteroatoms. The minimum Gasteiger partial charge on any atom is -0.380 e. The van der Waals surface area contributed by atoms with Crippen molar-refractivity contribution in [3.05, 3.63) is 36.0 Å². The van der Waals surface area contributed by atoms with Gasteiger partial charge in [0, 0.05) is 19.2 Å². The second kappa shape index (κ2) is 8.37. The van der Waals surface area contributed by atoms with E-state index in [1.54, 1.807) is 0 Å². The summed E-state index contributed by atoms with van der Waals surface area (Å²) in [6.07, 6.45) is 11.8. The van der Waals surface area contributed by atoms with Crippen LogP contribution in [-0.2, 0) is 4.74 Å². The molecule has 2 nitrogen and oxygen atoms in total. The van der Waals surface area contributed by atoms with Crippen LogP contribution in [0.2, 0.25) is 0 Å². The lowest BCUT2D eigenvalue weighted by molar-refractivity contribution is 0.179. The van der Waals surface area contributed by atoms with E-state index in [4.69, 9.17) is 4.74 Å². The van der Waals surface area contributed by atoms with Crippen molar-refractivity contribution in [2.24, 2.45) is 0 Å². The number of hydrogen-bond acceptors (Lipinski definition) is 2. The quantitative estimate of drug-likeness (QED) is 0.500. The average molecular weight is 231 g/mol. The lowest BCUT2D eigenvalue weighted by Crippen LogP contribution is -2.40. The Balaban J connectivity index is 2.52. The molecule has 0 bridgehead atoms. The Bertz CT molecular complexity index is 294. The molecule has 0 N–H and O–H groups in total. The van der Waals surface area contributed by atoms with Gasteiger partial charge in [0.25, 0.3) is 0 Å². The Morgan fingerprint density at radius 1 is 1.47 bits per heavy atom. The Kier molecular flexibility index (Phi) is 7.06. The molecule has 0 spiro atoms. The second-order valence-corrected chi connectivity index (χ2v) is 4.33. The van der Waals surface area contributed by atoms with Gasteiger partial charge in [-0.2, -0.15) is 0 Å². The predicted molar refractivity (Wildman–Crippen MR) is 79.3 cm³/mol. The summed E-state index contributed by atoms with van der Waals surface area (Å²) in [6.45, 7) is 6.97. The monoisotopic (exact) mass is 231 g/mol. The fraction of sp³-hybridized carbons (Fsp3) is 0.538. The van der Waals surface area contributed by atoms with Gasteiger partial charge in [0.05, 0.1) is 14.3 Å². The van der Waals surface area contributed by atoms with Crippen LogP contribution in [-0.4, -0.2) is 45.7 Å². The van der Waals surface area contributed by atoms with E-state index >= 15 is 0 Å². The first-order valence-corrected chi connectivity index (χ1v) is 6.58. The first kappa shape index (κ1) is 14.3. The molecule has 0 saturated carbocycles. The summed E-state index contributed by atoms with van der Waals surface area (Å²) in [6, 6.07) is 0.602. The molecule has 1 heterocycles. The van der Waals surface area contributed by atoms with E-state index in [1.165, 1.54) is 12.0 Å². The molecule has 0 aromatic rings. The molecule has 0 radical (unpaired) electrons. The van der Waals surface area contributed by atoms with Crippen LogP contribution in [0.15, 0.2) is 36.0 Å². The standard InChI is InChI=1S/C13H23B2NO/c1-3-5-6-7-12(4-2)10-16(15-14)13-8-9-17-11-13/h3-7,13,15H,8-11,14H2,1-2H3/b5-3-,7-6-,12-4+. The van der Waals surface area contributed by atoms with E-state index < -0.39 is 0 Å². The van der Waals surface area contributed by atoms with Gasteiger partial charge in [0.15, 0.2) is 7.31 Å². The first-order chi connectivity index (χ1) is 8.31. The molecule has 1 rings (SSSR count). The zero-order chi connectivity index (χ0) is 12.5. The van der Waals surface area contributed by atoms with E-state index in [0.29, 0.717) is 6.04 Å². The third-order valence-corrected chi connectivity index (χ3v) is 3.20. The van der Waals surface area contributed by atoms with E-state index in [-0.39, 0.29) is 0 Å². The molecule has 1 saturated heterocycles. The molecule has 1 fully saturated rings. The van der Waals surface area contributed by atoms with E-state index in [1.807, 2.05) is 13.0 Å². The number of hydrogen-bond donors (Lipinski definition) is 0. The molecular weight excluding hydrogens is 208 g/mol. The Labute approximate surface area is 107 Å². The molecule has 0 aromatic carbocycles. The fourth-order valence-electron chi connectivity index (χ4n) is 2.07. The van der Waals surface area contributed by atoms with E-state index in [0.717, 1.165) is 27.1 Å². The molecule has 17 heavy (non-hydrogen) atoms. The largest absolute Gasteiger partial charge is 0.380 e. The zero-order valence-corrected chi connectivity index (χ0v) is 11.4. The van der Waals surface area contributed by atoms with Crippen molar-refractivity contribution in [1.29, 1.82) is 0 Å². The first-order valence-electron chi connectivity index (χ1n) is 6.58. The Morgan fingerprint density at radius 3 is 2.82 bits per heavy atom. The highest BCUT2D eigenvalue weighted by Crippen LogP contribution is 2.13. The van der Waals surface area contributed by atoms with Gasteiger partial charge in [0.1, 0.15) is 0 Å². The van der Waals surface area contributed by atoms with Crippen LogP contribution in [0.25, 0.3) is 0 Å². The summed E-state index contributed by atoms with van der Waals surface area (Å²) in [7, 11) is 3.31. The molecule has 0 aliphatic carbocycles. The lowest BCUT2D eigenvalue weighted by atomic mass is 9.64. The van der Waals surface area contributed by atoms with Gasteiger partial charge in [-0.1, -0.05) is 30.4 Å². The normalized spacial score (nSPS) is 22.1. The SMILES string of the molecule is BBN(CC(/C=C\C=C/C)=C/C)C1CCOC1. The molecule has 1 aliphatic rings. The van der Waals surface area contributed by atoms with Crippen molar-refractivity contribution in [1.82, 2.24) is 4.81 Å². The average Bonchev–Trinajstić information content (AvgIpc) is 2.87. The minimum absolute atomic E-state index is 0.602. The number of nitrogens with zero attached hydrogens (tertiary/aromatic N) is 1. The van der Waals surface area contributed by atoms with Gasteiger partial charge in [-0.25, -0.2) is 0 Å². The van der Waals surface area contributed by atoms with Crippen LogP contribution >= 0.6 is 0 Å². The van der Waals surface area contributed by atoms with Crippen LogP contribution in [0.1, 0.15) is 20.3 Å². The maximum Gasteiger partial charge on any atom is 0.162 e. The number of allylic oxidation sites excluding steroid dienone is 4. The summed E-state index contributed by atoms with van der Waals surface area (Å²) in [5.41, 5.74) is 1.37. The molecule has 1 aliphatic heterocycles. The molecule has 92 valence electrons. The highest BCUT2D eigenvalue weighted by molar-refractivity contribution is 6.87. The van der Waals surface area contributed by atoms with Crippen LogP contribution < -0.4 is 0 Å². The molecule has 1 atom stereocenters. The van der Waals surface area contributed by atoms with Gasteiger partial charge >= 0.3 is 0 Å². The van der Waals surface area contributed by atoms with E-state index in [2.05, 4.69) is 43.8 Å². The van der Waals surface area contributed by atoms with Gasteiger partial charge in [-0.05, 0) is 25.8 Å². The Hall–Kier alpha value is -0.730. The highest BCUT2D eigenvalue weighted by Gasteiger charge is 2.21. The highest BCUT2D eigenvalue weighted by atomic mass is 16.5. The maximum absolute atomic E-state index is 5.46. The van der Waals surface area contributed by atoms with Crippen molar-refractivity contribution in [3.8, 4) is 0 Å². The lowest BCUT2D eigenvalue weighted by Gasteiger charge is -2.27. The Morgan fingerprint density at radius 2 is 2.29 bits per heavy atom. The van der Waals surface area contributed by atoms with Crippen LogP contribution in [0.5, 0.6) is 0 Å². The molecule has 1 unspecified atom stereocenters. The van der Waals surface area contributed by atoms with Gasteiger partial charge < -0.3 is 9.55 Å². The van der Waals surface area contributed by atoms with Crippen molar-refractivity contribution < 1.29 is 4.74 Å². The van der Waals surface area contributed by atoms with Crippen LogP contribution in [0.3, 0.4) is 0 Å². The van der Waals surface area contributed by atoms with Gasteiger partial charge in [-0.3, -0.25) is 0 Å². The van der Waals surface area contributed by atoms with Crippen molar-refractivity contribution in [2.75, 3.05) is 19.8 Å². The number of ether oxygens (including phenoxy) is 1. The van der Waals surface area contributed by atoms with Crippen molar-refractivity contribution >= 4 is 15.0 Å². The summed E-state index contributed by atoms with van der Waals surface area (Å²) in [5, 5.41) is 0. The molecular formula is C13H23B2NO. The summed E-state index contributed by atoms with van der Waals surface area (Å²) in [5.74, 6) is 0. The smallest absolute Gasteiger partial charge is 0.162 e. The maximum atomic E-state index is 5.46. The summed E-state index contributed by atoms with van der Waals surface area (Å²) >= 11 is 0. The summed E-state index contributed by atoms with van der Waals surface area (Å²) < 4.78 is 5.46. The minimum atomic E-state index is 0.602. The van der Waals surface area contributed by atoms with Crippen molar-refractivity contribution in [2.45, 2.75) is 26.3 Å². The number of rotatable bonds is 6. The topological polar surface area (TPSA) is 12.5 Å². The third-order valence-electron chi connectivity index (χ3n) is 3.20.